The van der Waals surface area contributed by atoms with Crippen molar-refractivity contribution in [3.8, 4) is 0 Å². The fraction of sp³-hybridized carbons (Fsp3) is 0. The summed E-state index contributed by atoms with van der Waals surface area (Å²) in [4.78, 5) is 0. The van der Waals surface area contributed by atoms with Gasteiger partial charge in [0.15, 0.2) is 0 Å². The van der Waals surface area contributed by atoms with E-state index in [4.69, 9.17) is 4.12 Å². The molecule has 0 fully saturated rings. The van der Waals surface area contributed by atoms with E-state index in [1.54, 1.807) is 0 Å². The molecule has 0 amide bonds. The highest BCUT2D eigenvalue weighted by molar-refractivity contribution is 7.06. The maximum atomic E-state index is 7.29. The van der Waals surface area contributed by atoms with Crippen LogP contribution in [0.3, 0.4) is 0 Å². The number of benzene rings is 4. The topological polar surface area (TPSA) is 9.23 Å². The van der Waals surface area contributed by atoms with Crippen molar-refractivity contribution < 1.29 is 4.12 Å². The van der Waals surface area contributed by atoms with E-state index in [-0.39, 0.29) is 0 Å². The zero-order valence-electron chi connectivity index (χ0n) is 16.3. The summed E-state index contributed by atoms with van der Waals surface area (Å²) < 4.78 is 7.29. The molecule has 4 aromatic carbocycles. The quantitative estimate of drug-likeness (QED) is 0.427. The lowest BCUT2D eigenvalue weighted by molar-refractivity contribution is 0.615. The summed E-state index contributed by atoms with van der Waals surface area (Å²) in [5, 5.41) is 5.02. The molecular formula is C26H24OSi2. The van der Waals surface area contributed by atoms with E-state index < -0.39 is 17.4 Å². The lowest BCUT2D eigenvalue weighted by atomic mass is 10.4. The van der Waals surface area contributed by atoms with Gasteiger partial charge < -0.3 is 4.12 Å². The lowest BCUT2D eigenvalue weighted by Crippen LogP contribution is -2.65. The molecule has 4 rings (SSSR count). The molecule has 0 heterocycles. The Morgan fingerprint density at radius 3 is 1.24 bits per heavy atom. The van der Waals surface area contributed by atoms with E-state index in [0.29, 0.717) is 0 Å². The minimum absolute atomic E-state index is 1.23. The van der Waals surface area contributed by atoms with E-state index in [9.17, 15) is 0 Å². The summed E-state index contributed by atoms with van der Waals surface area (Å²) in [6, 6.07) is 42.5. The Kier molecular flexibility index (Phi) is 6.01. The summed E-state index contributed by atoms with van der Waals surface area (Å²) in [5.74, 6) is 0. The van der Waals surface area contributed by atoms with Crippen LogP contribution in [0.25, 0.3) is 0 Å². The van der Waals surface area contributed by atoms with Crippen molar-refractivity contribution in [2.24, 2.45) is 0 Å². The van der Waals surface area contributed by atoms with Gasteiger partial charge in [0, 0.05) is 0 Å². The summed E-state index contributed by atoms with van der Waals surface area (Å²) in [7, 11) is -4.57. The van der Waals surface area contributed by atoms with Crippen LogP contribution in [0.5, 0.6) is 0 Å². The minimum Gasteiger partial charge on any atom is -0.441 e. The molecule has 4 aromatic rings. The first-order valence-corrected chi connectivity index (χ1v) is 13.5. The third-order valence-electron chi connectivity index (χ3n) is 5.20. The molecule has 0 aliphatic heterocycles. The standard InChI is InChI=1S/C26H24OSi2/c1-2-29(25-19-11-5-12-20-25,26-21-13-6-14-22-26)27-28(23-15-7-3-8-16-23)24-17-9-4-10-18-24/h2-22,28H,1H2. The second-order valence-corrected chi connectivity index (χ2v) is 13.1. The zero-order valence-corrected chi connectivity index (χ0v) is 18.5. The molecule has 0 saturated carbocycles. The largest absolute Gasteiger partial charge is 0.441 e. The van der Waals surface area contributed by atoms with Crippen LogP contribution < -0.4 is 20.7 Å². The summed E-state index contributed by atoms with van der Waals surface area (Å²) in [6.07, 6.45) is 0. The van der Waals surface area contributed by atoms with Gasteiger partial charge in [0.25, 0.3) is 8.32 Å². The van der Waals surface area contributed by atoms with Crippen molar-refractivity contribution in [1.29, 1.82) is 0 Å². The van der Waals surface area contributed by atoms with Gasteiger partial charge in [0.2, 0.25) is 9.04 Å². The molecule has 0 radical (unpaired) electrons. The second-order valence-electron chi connectivity index (χ2n) is 6.99. The van der Waals surface area contributed by atoms with Gasteiger partial charge in [0.05, 0.1) is 0 Å². The SMILES string of the molecule is C=C[Si](O[SiH](c1ccccc1)c1ccccc1)(c1ccccc1)c1ccccc1. The van der Waals surface area contributed by atoms with E-state index in [1.165, 1.54) is 20.7 Å². The fourth-order valence-electron chi connectivity index (χ4n) is 3.73. The first-order valence-electron chi connectivity index (χ1n) is 9.86. The highest BCUT2D eigenvalue weighted by Gasteiger charge is 2.39. The van der Waals surface area contributed by atoms with Crippen molar-refractivity contribution in [1.82, 2.24) is 0 Å². The maximum absolute atomic E-state index is 7.29. The molecule has 3 heteroatoms. The van der Waals surface area contributed by atoms with Crippen molar-refractivity contribution in [3.63, 3.8) is 0 Å². The molecule has 0 saturated heterocycles. The maximum Gasteiger partial charge on any atom is 0.270 e. The van der Waals surface area contributed by atoms with Gasteiger partial charge in [-0.05, 0) is 20.7 Å². The second kappa shape index (κ2) is 9.01. The number of rotatable bonds is 7. The summed E-state index contributed by atoms with van der Waals surface area (Å²) in [6.45, 7) is 4.29. The van der Waals surface area contributed by atoms with E-state index in [0.717, 1.165) is 0 Å². The third-order valence-corrected chi connectivity index (χ3v) is 12.6. The normalized spacial score (nSPS) is 11.3. The molecule has 0 aromatic heterocycles. The Hall–Kier alpha value is -2.99. The Bertz CT molecular complexity index is 956. The molecule has 0 unspecified atom stereocenters. The summed E-state index contributed by atoms with van der Waals surface area (Å²) in [5.41, 5.74) is 2.09. The van der Waals surface area contributed by atoms with Gasteiger partial charge in [-0.25, -0.2) is 0 Å². The van der Waals surface area contributed by atoms with Gasteiger partial charge in [-0.2, -0.15) is 0 Å². The van der Waals surface area contributed by atoms with Crippen LogP contribution in [-0.2, 0) is 4.12 Å². The molecule has 0 N–H and O–H groups in total. The van der Waals surface area contributed by atoms with Crippen LogP contribution >= 0.6 is 0 Å². The molecule has 1 nitrogen and oxygen atoms in total. The Morgan fingerprint density at radius 2 is 0.897 bits per heavy atom. The van der Waals surface area contributed by atoms with Crippen LogP contribution in [0.1, 0.15) is 0 Å². The molecule has 0 atom stereocenters. The average Bonchev–Trinajstić information content (AvgIpc) is 2.82. The smallest absolute Gasteiger partial charge is 0.270 e. The van der Waals surface area contributed by atoms with Gasteiger partial charge >= 0.3 is 0 Å². The molecule has 0 bridgehead atoms. The number of hydrogen-bond acceptors (Lipinski definition) is 1. The predicted octanol–water partition coefficient (Wildman–Crippen LogP) is 3.03. The number of hydrogen-bond donors (Lipinski definition) is 0. The molecule has 0 aliphatic rings. The Balaban J connectivity index is 1.89. The molecule has 0 spiro atoms. The molecule has 142 valence electrons. The summed E-state index contributed by atoms with van der Waals surface area (Å²) >= 11 is 0. The highest BCUT2D eigenvalue weighted by Crippen LogP contribution is 2.12. The van der Waals surface area contributed by atoms with Gasteiger partial charge in [-0.3, -0.25) is 0 Å². The fourth-order valence-corrected chi connectivity index (χ4v) is 11.5. The van der Waals surface area contributed by atoms with Crippen molar-refractivity contribution in [3.05, 3.63) is 134 Å². The van der Waals surface area contributed by atoms with Crippen LogP contribution in [0.2, 0.25) is 0 Å². The van der Waals surface area contributed by atoms with Crippen LogP contribution in [0.4, 0.5) is 0 Å². The monoisotopic (exact) mass is 408 g/mol. The van der Waals surface area contributed by atoms with E-state index in [2.05, 4.69) is 134 Å². The van der Waals surface area contributed by atoms with Gasteiger partial charge in [0.1, 0.15) is 0 Å². The van der Waals surface area contributed by atoms with Crippen molar-refractivity contribution in [2.45, 2.75) is 0 Å². The van der Waals surface area contributed by atoms with E-state index in [1.807, 2.05) is 0 Å². The van der Waals surface area contributed by atoms with Crippen molar-refractivity contribution in [2.75, 3.05) is 0 Å². The first-order chi connectivity index (χ1) is 14.3. The Morgan fingerprint density at radius 1 is 0.552 bits per heavy atom. The molecule has 29 heavy (non-hydrogen) atoms. The first kappa shape index (κ1) is 19.3. The van der Waals surface area contributed by atoms with Crippen LogP contribution in [0, 0.1) is 0 Å². The van der Waals surface area contributed by atoms with Gasteiger partial charge in [-0.1, -0.05) is 127 Å². The zero-order chi connectivity index (χ0) is 19.9. The minimum atomic E-state index is -2.62. The highest BCUT2D eigenvalue weighted by atomic mass is 28.4. The average molecular weight is 409 g/mol. The van der Waals surface area contributed by atoms with E-state index >= 15 is 0 Å². The van der Waals surface area contributed by atoms with Crippen LogP contribution in [0.15, 0.2) is 134 Å². The lowest BCUT2D eigenvalue weighted by Gasteiger charge is -2.34. The molecular weight excluding hydrogens is 384 g/mol. The Labute approximate surface area is 175 Å². The van der Waals surface area contributed by atoms with Gasteiger partial charge in [-0.15, -0.1) is 6.58 Å². The van der Waals surface area contributed by atoms with Crippen LogP contribution in [-0.4, -0.2) is 17.4 Å². The molecule has 0 aliphatic carbocycles. The third kappa shape index (κ3) is 4.08. The van der Waals surface area contributed by atoms with Crippen molar-refractivity contribution >= 4 is 38.1 Å². The predicted molar refractivity (Wildman–Crippen MR) is 128 cm³/mol.